The maximum Gasteiger partial charge on any atom is 0.342 e. The van der Waals surface area contributed by atoms with Gasteiger partial charge in [0, 0.05) is 6.21 Å². The van der Waals surface area contributed by atoms with Crippen molar-refractivity contribution in [1.29, 1.82) is 5.41 Å². The van der Waals surface area contributed by atoms with E-state index in [0.717, 1.165) is 6.21 Å². The van der Waals surface area contributed by atoms with E-state index >= 15 is 0 Å². The number of hydrogen-bond acceptors (Lipinski definition) is 4. The summed E-state index contributed by atoms with van der Waals surface area (Å²) in [5.41, 5.74) is 0.0218. The molecule has 2 N–H and O–H groups in total. The van der Waals surface area contributed by atoms with E-state index in [4.69, 9.17) is 5.41 Å². The molecule has 0 amide bonds. The van der Waals surface area contributed by atoms with Crippen LogP contribution in [-0.2, 0) is 9.53 Å². The molecule has 0 fully saturated rings. The SMILES string of the molecule is COC(=O)C1=C(O)CC(=N)N=C1. The molecule has 0 aliphatic carbocycles. The summed E-state index contributed by atoms with van der Waals surface area (Å²) >= 11 is 0. The van der Waals surface area contributed by atoms with Crippen LogP contribution in [0.4, 0.5) is 0 Å². The normalized spacial score (nSPS) is 16.6. The second kappa shape index (κ2) is 3.17. The Hall–Kier alpha value is -1.65. The van der Waals surface area contributed by atoms with E-state index in [2.05, 4.69) is 9.73 Å². The molecule has 0 saturated carbocycles. The number of amidine groups is 1. The monoisotopic (exact) mass is 168 g/mol. The van der Waals surface area contributed by atoms with Crippen molar-refractivity contribution in [3.63, 3.8) is 0 Å². The average molecular weight is 168 g/mol. The molecule has 5 nitrogen and oxygen atoms in total. The number of dihydropyridines is 1. The number of hydrogen-bond donors (Lipinski definition) is 2. The highest BCUT2D eigenvalue weighted by molar-refractivity contribution is 6.14. The molecule has 0 aromatic rings. The van der Waals surface area contributed by atoms with Crippen LogP contribution < -0.4 is 0 Å². The molecule has 0 aromatic heterocycles. The molecule has 0 unspecified atom stereocenters. The summed E-state index contributed by atoms with van der Waals surface area (Å²) in [6, 6.07) is 0. The number of carbonyl (C=O) groups is 1. The molecule has 12 heavy (non-hydrogen) atoms. The van der Waals surface area contributed by atoms with Crippen molar-refractivity contribution in [2.45, 2.75) is 6.42 Å². The average Bonchev–Trinajstić information content (AvgIpc) is 2.03. The first-order chi connectivity index (χ1) is 5.65. The van der Waals surface area contributed by atoms with Crippen molar-refractivity contribution in [3.8, 4) is 0 Å². The van der Waals surface area contributed by atoms with E-state index in [0.29, 0.717) is 0 Å². The number of esters is 1. The van der Waals surface area contributed by atoms with Gasteiger partial charge in [-0.05, 0) is 0 Å². The van der Waals surface area contributed by atoms with E-state index in [1.54, 1.807) is 0 Å². The van der Waals surface area contributed by atoms with Crippen LogP contribution >= 0.6 is 0 Å². The van der Waals surface area contributed by atoms with E-state index < -0.39 is 5.97 Å². The predicted octanol–water partition coefficient (Wildman–Crippen LogP) is 0.423. The van der Waals surface area contributed by atoms with Gasteiger partial charge in [0.25, 0.3) is 0 Å². The predicted molar refractivity (Wildman–Crippen MR) is 42.5 cm³/mol. The van der Waals surface area contributed by atoms with Crippen LogP contribution in [0.25, 0.3) is 0 Å². The van der Waals surface area contributed by atoms with Gasteiger partial charge in [-0.2, -0.15) is 0 Å². The van der Waals surface area contributed by atoms with Crippen LogP contribution in [0, 0.1) is 5.41 Å². The zero-order chi connectivity index (χ0) is 9.14. The third-order valence-corrected chi connectivity index (χ3v) is 1.40. The number of nitrogens with one attached hydrogen (secondary N) is 1. The minimum atomic E-state index is -0.635. The van der Waals surface area contributed by atoms with Gasteiger partial charge in [0.1, 0.15) is 17.2 Å². The molecule has 0 atom stereocenters. The summed E-state index contributed by atoms with van der Waals surface area (Å²) < 4.78 is 4.38. The fraction of sp³-hybridized carbons (Fsp3) is 0.286. The lowest BCUT2D eigenvalue weighted by Crippen LogP contribution is -2.15. The highest BCUT2D eigenvalue weighted by Crippen LogP contribution is 2.11. The maximum absolute atomic E-state index is 10.9. The number of nitrogens with zero attached hydrogens (tertiary/aromatic N) is 1. The molecule has 1 aliphatic heterocycles. The zero-order valence-electron chi connectivity index (χ0n) is 6.50. The maximum atomic E-state index is 10.9. The smallest absolute Gasteiger partial charge is 0.342 e. The first-order valence-electron chi connectivity index (χ1n) is 3.27. The van der Waals surface area contributed by atoms with Gasteiger partial charge >= 0.3 is 5.97 Å². The number of carbonyl (C=O) groups excluding carboxylic acids is 1. The summed E-state index contributed by atoms with van der Waals surface area (Å²) in [5.74, 6) is -0.772. The molecular formula is C7H8N2O3. The molecule has 0 bridgehead atoms. The number of rotatable bonds is 1. The number of methoxy groups -OCH3 is 1. The minimum absolute atomic E-state index is 0.0130. The van der Waals surface area contributed by atoms with Gasteiger partial charge in [-0.15, -0.1) is 0 Å². The molecule has 0 aromatic carbocycles. The Morgan fingerprint density at radius 3 is 3.00 bits per heavy atom. The van der Waals surface area contributed by atoms with Crippen molar-refractivity contribution in [2.75, 3.05) is 7.11 Å². The Bertz CT molecular complexity index is 291. The molecule has 0 radical (unpaired) electrons. The lowest BCUT2D eigenvalue weighted by atomic mass is 10.1. The second-order valence-corrected chi connectivity index (χ2v) is 2.23. The van der Waals surface area contributed by atoms with Crippen molar-refractivity contribution in [2.24, 2.45) is 4.99 Å². The molecule has 1 aliphatic rings. The van der Waals surface area contributed by atoms with Gasteiger partial charge in [0.15, 0.2) is 0 Å². The Labute approximate surface area is 68.9 Å². The molecule has 64 valence electrons. The Balaban J connectivity index is 2.91. The lowest BCUT2D eigenvalue weighted by Gasteiger charge is -2.08. The van der Waals surface area contributed by atoms with Gasteiger partial charge in [0.05, 0.1) is 13.5 Å². The topological polar surface area (TPSA) is 82.7 Å². The van der Waals surface area contributed by atoms with Crippen LogP contribution in [0.2, 0.25) is 0 Å². The van der Waals surface area contributed by atoms with Crippen LogP contribution in [-0.4, -0.2) is 30.2 Å². The van der Waals surface area contributed by atoms with Crippen molar-refractivity contribution in [1.82, 2.24) is 0 Å². The van der Waals surface area contributed by atoms with E-state index in [-0.39, 0.29) is 23.6 Å². The first-order valence-corrected chi connectivity index (χ1v) is 3.27. The zero-order valence-corrected chi connectivity index (χ0v) is 6.50. The summed E-state index contributed by atoms with van der Waals surface area (Å²) in [6.07, 6.45) is 1.12. The number of aliphatic hydroxyl groups is 1. The van der Waals surface area contributed by atoms with Crippen LogP contribution in [0.5, 0.6) is 0 Å². The second-order valence-electron chi connectivity index (χ2n) is 2.23. The fourth-order valence-electron chi connectivity index (χ4n) is 0.797. The Morgan fingerprint density at radius 1 is 1.83 bits per heavy atom. The van der Waals surface area contributed by atoms with Gasteiger partial charge < -0.3 is 9.84 Å². The highest BCUT2D eigenvalue weighted by atomic mass is 16.5. The van der Waals surface area contributed by atoms with Gasteiger partial charge in [0.2, 0.25) is 0 Å². The Kier molecular flexibility index (Phi) is 2.23. The third kappa shape index (κ3) is 1.50. The van der Waals surface area contributed by atoms with Gasteiger partial charge in [-0.3, -0.25) is 5.41 Å². The summed E-state index contributed by atoms with van der Waals surface area (Å²) in [5, 5.41) is 16.3. The standard InChI is InChI=1S/C7H8N2O3/c1-12-7(11)4-3-9-6(8)2-5(4)10/h3,8,10H,2H2,1H3. The summed E-state index contributed by atoms with van der Waals surface area (Å²) in [7, 11) is 1.22. The molecule has 0 spiro atoms. The van der Waals surface area contributed by atoms with E-state index in [1.807, 2.05) is 0 Å². The largest absolute Gasteiger partial charge is 0.511 e. The molecule has 1 heterocycles. The number of aliphatic imine (C=N–C) groups is 1. The third-order valence-electron chi connectivity index (χ3n) is 1.40. The van der Waals surface area contributed by atoms with Gasteiger partial charge in [-0.1, -0.05) is 0 Å². The van der Waals surface area contributed by atoms with Crippen molar-refractivity contribution in [3.05, 3.63) is 11.3 Å². The van der Waals surface area contributed by atoms with Crippen LogP contribution in [0.1, 0.15) is 6.42 Å². The molecule has 0 saturated heterocycles. The summed E-state index contributed by atoms with van der Waals surface area (Å²) in [4.78, 5) is 14.5. The molecule has 1 rings (SSSR count). The molecule has 5 heteroatoms. The highest BCUT2D eigenvalue weighted by Gasteiger charge is 2.18. The van der Waals surface area contributed by atoms with Crippen molar-refractivity contribution < 1.29 is 14.6 Å². The minimum Gasteiger partial charge on any atom is -0.511 e. The van der Waals surface area contributed by atoms with E-state index in [1.165, 1.54) is 7.11 Å². The van der Waals surface area contributed by atoms with Crippen LogP contribution in [0.3, 0.4) is 0 Å². The quantitative estimate of drug-likeness (QED) is 0.556. The first kappa shape index (κ1) is 8.45. The number of ether oxygens (including phenoxy) is 1. The Morgan fingerprint density at radius 2 is 2.50 bits per heavy atom. The summed E-state index contributed by atoms with van der Waals surface area (Å²) in [6.45, 7) is 0. The van der Waals surface area contributed by atoms with Gasteiger partial charge in [-0.25, -0.2) is 9.79 Å². The molecular weight excluding hydrogens is 160 g/mol. The van der Waals surface area contributed by atoms with E-state index in [9.17, 15) is 9.90 Å². The number of aliphatic hydroxyl groups excluding tert-OH is 1. The van der Waals surface area contributed by atoms with Crippen LogP contribution in [0.15, 0.2) is 16.3 Å². The lowest BCUT2D eigenvalue weighted by molar-refractivity contribution is -0.135. The van der Waals surface area contributed by atoms with Crippen molar-refractivity contribution >= 4 is 18.0 Å². The fourth-order valence-corrected chi connectivity index (χ4v) is 0.797.